The molecule has 5 nitrogen and oxygen atoms in total. The predicted molar refractivity (Wildman–Crippen MR) is 46.2 cm³/mol. The number of hydrogen-bond donors (Lipinski definition) is 2. The summed E-state index contributed by atoms with van der Waals surface area (Å²) in [6.07, 6.45) is 4.80. The number of hydrogen-bond acceptors (Lipinski definition) is 5. The van der Waals surface area contributed by atoms with Gasteiger partial charge in [0.05, 0.1) is 11.9 Å². The molecule has 0 aliphatic heterocycles. The molecule has 0 radical (unpaired) electrons. The lowest BCUT2D eigenvalue weighted by Crippen LogP contribution is -2.14. The van der Waals surface area contributed by atoms with Crippen LogP contribution < -0.4 is 5.73 Å². The van der Waals surface area contributed by atoms with Crippen molar-refractivity contribution in [2.24, 2.45) is 10.9 Å². The molecule has 0 fully saturated rings. The standard InChI is InChI=1S/C6H8N4OS/c7-5(10-11)4-12-6-3-8-1-2-9-6/h1-3,11H,4H2,(H2,7,10). The summed E-state index contributed by atoms with van der Waals surface area (Å²) in [6.45, 7) is 0. The molecule has 0 spiro atoms. The van der Waals surface area contributed by atoms with E-state index in [-0.39, 0.29) is 5.84 Å². The lowest BCUT2D eigenvalue weighted by atomic mass is 10.7. The highest BCUT2D eigenvalue weighted by Crippen LogP contribution is 2.11. The van der Waals surface area contributed by atoms with Gasteiger partial charge in [-0.05, 0) is 0 Å². The van der Waals surface area contributed by atoms with Crippen molar-refractivity contribution in [1.82, 2.24) is 9.97 Å². The molecule has 1 aromatic heterocycles. The van der Waals surface area contributed by atoms with Crippen molar-refractivity contribution >= 4 is 17.6 Å². The van der Waals surface area contributed by atoms with Crippen LogP contribution in [0.2, 0.25) is 0 Å². The van der Waals surface area contributed by atoms with Crippen LogP contribution in [0.15, 0.2) is 28.8 Å². The normalized spacial score (nSPS) is 11.5. The Morgan fingerprint density at radius 3 is 3.08 bits per heavy atom. The number of oxime groups is 1. The highest BCUT2D eigenvalue weighted by molar-refractivity contribution is 7.99. The van der Waals surface area contributed by atoms with Crippen molar-refractivity contribution in [3.8, 4) is 0 Å². The maximum Gasteiger partial charge on any atom is 0.149 e. The molecule has 0 amide bonds. The molecular formula is C6H8N4OS. The summed E-state index contributed by atoms with van der Waals surface area (Å²) in [5, 5.41) is 11.8. The van der Waals surface area contributed by atoms with E-state index >= 15 is 0 Å². The van der Waals surface area contributed by atoms with E-state index in [0.717, 1.165) is 5.03 Å². The SMILES string of the molecule is NC(CSc1cnccn1)=NO. The van der Waals surface area contributed by atoms with Crippen LogP contribution in [0.4, 0.5) is 0 Å². The molecule has 12 heavy (non-hydrogen) atoms. The van der Waals surface area contributed by atoms with Gasteiger partial charge in [0, 0.05) is 12.4 Å². The summed E-state index contributed by atoms with van der Waals surface area (Å²) in [4.78, 5) is 7.86. The van der Waals surface area contributed by atoms with E-state index in [0.29, 0.717) is 5.75 Å². The lowest BCUT2D eigenvalue weighted by Gasteiger charge is -1.96. The van der Waals surface area contributed by atoms with Crippen LogP contribution in [0, 0.1) is 0 Å². The van der Waals surface area contributed by atoms with Crippen LogP contribution >= 0.6 is 11.8 Å². The first-order valence-electron chi connectivity index (χ1n) is 3.18. The van der Waals surface area contributed by atoms with Gasteiger partial charge in [0.15, 0.2) is 0 Å². The Hall–Kier alpha value is -1.30. The van der Waals surface area contributed by atoms with Crippen LogP contribution in [0.5, 0.6) is 0 Å². The third-order valence-electron chi connectivity index (χ3n) is 1.04. The Balaban J connectivity index is 2.44. The summed E-state index contributed by atoms with van der Waals surface area (Å²) < 4.78 is 0. The molecule has 1 heterocycles. The Bertz CT molecular complexity index is 264. The molecule has 0 bridgehead atoms. The molecule has 0 aromatic carbocycles. The largest absolute Gasteiger partial charge is 0.409 e. The quantitative estimate of drug-likeness (QED) is 0.232. The van der Waals surface area contributed by atoms with Crippen LogP contribution in [0.3, 0.4) is 0 Å². The summed E-state index contributed by atoms with van der Waals surface area (Å²) in [5.41, 5.74) is 5.25. The second-order valence-corrected chi connectivity index (χ2v) is 2.92. The van der Waals surface area contributed by atoms with Crippen molar-refractivity contribution < 1.29 is 5.21 Å². The van der Waals surface area contributed by atoms with E-state index in [9.17, 15) is 0 Å². The van der Waals surface area contributed by atoms with Crippen molar-refractivity contribution in [3.05, 3.63) is 18.6 Å². The predicted octanol–water partition coefficient (Wildman–Crippen LogP) is 0.315. The monoisotopic (exact) mass is 184 g/mol. The maximum absolute atomic E-state index is 8.23. The summed E-state index contributed by atoms with van der Waals surface area (Å²) in [7, 11) is 0. The molecule has 6 heteroatoms. The van der Waals surface area contributed by atoms with Crippen LogP contribution in [-0.2, 0) is 0 Å². The van der Waals surface area contributed by atoms with E-state index in [1.54, 1.807) is 18.6 Å². The molecule has 3 N–H and O–H groups in total. The summed E-state index contributed by atoms with van der Waals surface area (Å²) in [6, 6.07) is 0. The third-order valence-corrected chi connectivity index (χ3v) is 1.98. The van der Waals surface area contributed by atoms with Crippen molar-refractivity contribution in [2.75, 3.05) is 5.75 Å². The van der Waals surface area contributed by atoms with E-state index in [1.807, 2.05) is 0 Å². The van der Waals surface area contributed by atoms with Crippen molar-refractivity contribution in [2.45, 2.75) is 5.03 Å². The second-order valence-electron chi connectivity index (χ2n) is 1.92. The van der Waals surface area contributed by atoms with Gasteiger partial charge >= 0.3 is 0 Å². The van der Waals surface area contributed by atoms with Crippen LogP contribution in [-0.4, -0.2) is 26.8 Å². The zero-order chi connectivity index (χ0) is 8.81. The molecule has 0 saturated carbocycles. The molecule has 0 saturated heterocycles. The van der Waals surface area contributed by atoms with Gasteiger partial charge < -0.3 is 10.9 Å². The van der Waals surface area contributed by atoms with Crippen molar-refractivity contribution in [1.29, 1.82) is 0 Å². The second kappa shape index (κ2) is 4.55. The molecule has 1 aromatic rings. The van der Waals surface area contributed by atoms with E-state index < -0.39 is 0 Å². The lowest BCUT2D eigenvalue weighted by molar-refractivity contribution is 0.318. The minimum atomic E-state index is 0.172. The molecule has 64 valence electrons. The van der Waals surface area contributed by atoms with Crippen LogP contribution in [0.1, 0.15) is 0 Å². The fourth-order valence-electron chi connectivity index (χ4n) is 0.537. The number of nitrogens with zero attached hydrogens (tertiary/aromatic N) is 3. The van der Waals surface area contributed by atoms with Crippen molar-refractivity contribution in [3.63, 3.8) is 0 Å². The molecular weight excluding hydrogens is 176 g/mol. The minimum absolute atomic E-state index is 0.172. The first-order valence-corrected chi connectivity index (χ1v) is 4.16. The average molecular weight is 184 g/mol. The molecule has 1 rings (SSSR count). The fourth-order valence-corrected chi connectivity index (χ4v) is 1.16. The van der Waals surface area contributed by atoms with Gasteiger partial charge in [0.25, 0.3) is 0 Å². The number of thioether (sulfide) groups is 1. The molecule has 0 unspecified atom stereocenters. The maximum atomic E-state index is 8.23. The number of rotatable bonds is 3. The number of nitrogens with two attached hydrogens (primary N) is 1. The van der Waals surface area contributed by atoms with E-state index in [4.69, 9.17) is 10.9 Å². The Labute approximate surface area is 73.7 Å². The minimum Gasteiger partial charge on any atom is -0.409 e. The highest BCUT2D eigenvalue weighted by Gasteiger charge is 1.96. The van der Waals surface area contributed by atoms with Gasteiger partial charge in [-0.15, -0.1) is 0 Å². The van der Waals surface area contributed by atoms with E-state index in [1.165, 1.54) is 11.8 Å². The highest BCUT2D eigenvalue weighted by atomic mass is 32.2. The van der Waals surface area contributed by atoms with Gasteiger partial charge in [0.1, 0.15) is 10.9 Å². The van der Waals surface area contributed by atoms with E-state index in [2.05, 4.69) is 15.1 Å². The Morgan fingerprint density at radius 2 is 2.50 bits per heavy atom. The fraction of sp³-hybridized carbons (Fsp3) is 0.167. The summed E-state index contributed by atoms with van der Waals surface area (Å²) in [5.74, 6) is 0.584. The van der Waals surface area contributed by atoms with Gasteiger partial charge in [-0.1, -0.05) is 16.9 Å². The average Bonchev–Trinajstić information content (AvgIpc) is 2.16. The van der Waals surface area contributed by atoms with Gasteiger partial charge in [0.2, 0.25) is 0 Å². The zero-order valence-corrected chi connectivity index (χ0v) is 7.03. The zero-order valence-electron chi connectivity index (χ0n) is 6.21. The molecule has 0 aliphatic carbocycles. The van der Waals surface area contributed by atoms with Crippen LogP contribution in [0.25, 0.3) is 0 Å². The first kappa shape index (κ1) is 8.79. The molecule has 0 aliphatic rings. The Morgan fingerprint density at radius 1 is 1.67 bits per heavy atom. The molecule has 0 atom stereocenters. The first-order chi connectivity index (χ1) is 5.83. The number of aromatic nitrogens is 2. The number of amidine groups is 1. The summed E-state index contributed by atoms with van der Waals surface area (Å²) >= 11 is 1.36. The third kappa shape index (κ3) is 2.75. The van der Waals surface area contributed by atoms with Gasteiger partial charge in [-0.25, -0.2) is 4.98 Å². The smallest absolute Gasteiger partial charge is 0.149 e. The Kier molecular flexibility index (Phi) is 3.34. The van der Waals surface area contributed by atoms with Gasteiger partial charge in [-0.3, -0.25) is 4.98 Å². The topological polar surface area (TPSA) is 84.4 Å². The van der Waals surface area contributed by atoms with Gasteiger partial charge in [-0.2, -0.15) is 0 Å².